The summed E-state index contributed by atoms with van der Waals surface area (Å²) in [5, 5.41) is 22.8. The number of aromatic nitrogens is 8. The number of hydrogen-bond donors (Lipinski definition) is 1. The number of anilines is 1. The summed E-state index contributed by atoms with van der Waals surface area (Å²) in [5.74, 6) is -0.671. The van der Waals surface area contributed by atoms with Gasteiger partial charge in [-0.1, -0.05) is 17.3 Å². The summed E-state index contributed by atoms with van der Waals surface area (Å²) in [6, 6.07) is 15.4. The van der Waals surface area contributed by atoms with E-state index in [0.717, 1.165) is 24.1 Å². The zero-order valence-electron chi connectivity index (χ0n) is 22.4. The van der Waals surface area contributed by atoms with Crippen LogP contribution in [-0.2, 0) is 20.9 Å². The Kier molecular flexibility index (Phi) is 7.41. The second kappa shape index (κ2) is 11.6. The van der Waals surface area contributed by atoms with Gasteiger partial charge in [-0.15, -0.1) is 10.2 Å². The molecule has 0 spiro atoms. The van der Waals surface area contributed by atoms with Gasteiger partial charge >= 0.3 is 0 Å². The summed E-state index contributed by atoms with van der Waals surface area (Å²) in [4.78, 5) is 33.8. The lowest BCUT2D eigenvalue weighted by atomic mass is 10.0. The Morgan fingerprint density at radius 1 is 1.12 bits per heavy atom. The van der Waals surface area contributed by atoms with Crippen LogP contribution >= 0.6 is 0 Å². The van der Waals surface area contributed by atoms with Gasteiger partial charge in [-0.3, -0.25) is 19.5 Å². The average molecular weight is 553 g/mol. The summed E-state index contributed by atoms with van der Waals surface area (Å²) < 4.78 is 8.80. The second-order valence-corrected chi connectivity index (χ2v) is 9.79. The van der Waals surface area contributed by atoms with Crippen LogP contribution in [0.4, 0.5) is 5.69 Å². The topological polar surface area (TPSA) is 146 Å². The van der Waals surface area contributed by atoms with Crippen molar-refractivity contribution in [2.45, 2.75) is 38.5 Å². The smallest absolute Gasteiger partial charge is 0.249 e. The number of tetrazole rings is 1. The lowest BCUT2D eigenvalue weighted by Gasteiger charge is -2.32. The van der Waals surface area contributed by atoms with Crippen LogP contribution in [-0.4, -0.2) is 71.3 Å². The first-order valence-electron chi connectivity index (χ1n) is 13.3. The molecule has 1 aliphatic heterocycles. The van der Waals surface area contributed by atoms with Gasteiger partial charge in [0.1, 0.15) is 24.4 Å². The number of hydrogen-bond acceptors (Lipinski definition) is 9. The van der Waals surface area contributed by atoms with Gasteiger partial charge in [0.15, 0.2) is 0 Å². The minimum Gasteiger partial charge on any atom is -0.376 e. The molecule has 1 aliphatic rings. The molecule has 0 bridgehead atoms. The van der Waals surface area contributed by atoms with Gasteiger partial charge in [0, 0.05) is 31.2 Å². The van der Waals surface area contributed by atoms with Gasteiger partial charge in [-0.25, -0.2) is 9.36 Å². The number of nitrogens with one attached hydrogen (secondary N) is 1. The Morgan fingerprint density at radius 2 is 1.98 bits per heavy atom. The van der Waals surface area contributed by atoms with Crippen LogP contribution in [0, 0.1) is 6.92 Å². The summed E-state index contributed by atoms with van der Waals surface area (Å²) >= 11 is 0. The third kappa shape index (κ3) is 5.52. The van der Waals surface area contributed by atoms with Crippen molar-refractivity contribution in [3.63, 3.8) is 0 Å². The Hall–Kier alpha value is -5.04. The molecular weight excluding hydrogens is 524 g/mol. The number of aryl methyl sites for hydroxylation is 1. The van der Waals surface area contributed by atoms with Crippen molar-refractivity contribution in [1.29, 1.82) is 0 Å². The first-order chi connectivity index (χ1) is 20.1. The number of carbonyl (C=O) groups is 2. The molecule has 5 aromatic rings. The number of rotatable bonds is 9. The maximum atomic E-state index is 14.2. The number of nitrogens with zero attached hydrogens (tertiary/aromatic N) is 9. The van der Waals surface area contributed by atoms with Crippen molar-refractivity contribution >= 4 is 28.5 Å². The number of fused-ring (bicyclic) bond motifs is 1. The van der Waals surface area contributed by atoms with Crippen LogP contribution in [0.25, 0.3) is 16.7 Å². The highest BCUT2D eigenvalue weighted by Crippen LogP contribution is 2.31. The van der Waals surface area contributed by atoms with Crippen LogP contribution in [0.15, 0.2) is 73.3 Å². The predicted octanol–water partition coefficient (Wildman–Crippen LogP) is 2.18. The van der Waals surface area contributed by atoms with E-state index in [-0.39, 0.29) is 24.5 Å². The molecule has 1 saturated heterocycles. The fourth-order valence-electron chi connectivity index (χ4n) is 5.07. The molecule has 208 valence electrons. The number of carbonyl (C=O) groups excluding carboxylic acids is 2. The quantitative estimate of drug-likeness (QED) is 0.291. The van der Waals surface area contributed by atoms with Crippen LogP contribution in [0.3, 0.4) is 0 Å². The van der Waals surface area contributed by atoms with Crippen molar-refractivity contribution in [2.75, 3.05) is 18.1 Å². The summed E-state index contributed by atoms with van der Waals surface area (Å²) in [5.41, 5.74) is 4.10. The van der Waals surface area contributed by atoms with Crippen LogP contribution in [0.2, 0.25) is 0 Å². The highest BCUT2D eigenvalue weighted by atomic mass is 16.5. The third-order valence-corrected chi connectivity index (χ3v) is 7.08. The SMILES string of the molecule is Cc1cc(N(C(=O)Cn2nnc3ccccc32)[C@H](C(=O)NC[C@H]2CCCO2)c2ccncc2)ccc1-n1cnnn1. The molecule has 0 saturated carbocycles. The molecule has 0 radical (unpaired) electrons. The van der Waals surface area contributed by atoms with Gasteiger partial charge in [-0.2, -0.15) is 0 Å². The van der Waals surface area contributed by atoms with E-state index in [0.29, 0.717) is 35.4 Å². The molecule has 2 amide bonds. The normalized spacial score (nSPS) is 15.6. The van der Waals surface area contributed by atoms with E-state index >= 15 is 0 Å². The van der Waals surface area contributed by atoms with E-state index in [4.69, 9.17) is 4.74 Å². The number of ether oxygens (including phenoxy) is 1. The number of benzene rings is 2. The summed E-state index contributed by atoms with van der Waals surface area (Å²) in [6.45, 7) is 2.80. The number of amides is 2. The molecule has 4 heterocycles. The van der Waals surface area contributed by atoms with E-state index < -0.39 is 6.04 Å². The molecule has 41 heavy (non-hydrogen) atoms. The Morgan fingerprint density at radius 3 is 2.73 bits per heavy atom. The molecule has 0 aliphatic carbocycles. The number of pyridine rings is 1. The van der Waals surface area contributed by atoms with E-state index in [1.165, 1.54) is 11.2 Å². The fourth-order valence-corrected chi connectivity index (χ4v) is 5.07. The molecule has 2 atom stereocenters. The fraction of sp³-hybridized carbons (Fsp3) is 0.286. The van der Waals surface area contributed by atoms with Gasteiger partial charge in [0.05, 0.1) is 17.3 Å². The Balaban J connectivity index is 1.41. The molecular formula is C28H28N10O3. The maximum Gasteiger partial charge on any atom is 0.249 e. The van der Waals surface area contributed by atoms with Gasteiger partial charge in [0.2, 0.25) is 11.8 Å². The highest BCUT2D eigenvalue weighted by Gasteiger charge is 2.34. The average Bonchev–Trinajstić information content (AvgIpc) is 3.78. The first-order valence-corrected chi connectivity index (χ1v) is 13.3. The minimum absolute atomic E-state index is 0.0551. The molecule has 2 aromatic carbocycles. The zero-order chi connectivity index (χ0) is 28.2. The predicted molar refractivity (Wildman–Crippen MR) is 148 cm³/mol. The molecule has 3 aromatic heterocycles. The van der Waals surface area contributed by atoms with Crippen molar-refractivity contribution in [1.82, 2.24) is 45.5 Å². The van der Waals surface area contributed by atoms with Crippen molar-refractivity contribution in [3.8, 4) is 5.69 Å². The molecule has 1 N–H and O–H groups in total. The third-order valence-electron chi connectivity index (χ3n) is 7.08. The van der Waals surface area contributed by atoms with Crippen LogP contribution in [0.5, 0.6) is 0 Å². The molecule has 0 unspecified atom stereocenters. The second-order valence-electron chi connectivity index (χ2n) is 9.79. The molecule has 1 fully saturated rings. The van der Waals surface area contributed by atoms with Crippen molar-refractivity contribution in [3.05, 3.63) is 84.4 Å². The lowest BCUT2D eigenvalue weighted by molar-refractivity contribution is -0.127. The highest BCUT2D eigenvalue weighted by molar-refractivity contribution is 6.01. The standard InChI is InChI=1S/C28H28N10O3/c1-19-15-21(8-9-24(19)37-18-31-33-35-37)38(26(39)17-36-25-7-3-2-6-23(25)32-34-36)27(20-10-12-29-13-11-20)28(40)30-16-22-5-4-14-41-22/h2-3,6-13,15,18,22,27H,4-5,14,16-17H2,1H3,(H,30,40)/t22-,27+/m1/s1. The van der Waals surface area contributed by atoms with E-state index in [1.807, 2.05) is 43.3 Å². The maximum absolute atomic E-state index is 14.2. The largest absolute Gasteiger partial charge is 0.376 e. The van der Waals surface area contributed by atoms with Crippen molar-refractivity contribution in [2.24, 2.45) is 0 Å². The van der Waals surface area contributed by atoms with Crippen LogP contribution < -0.4 is 10.2 Å². The van der Waals surface area contributed by atoms with Gasteiger partial charge < -0.3 is 10.1 Å². The van der Waals surface area contributed by atoms with Gasteiger partial charge in [0.25, 0.3) is 0 Å². The van der Waals surface area contributed by atoms with Crippen molar-refractivity contribution < 1.29 is 14.3 Å². The molecule has 13 heteroatoms. The molecule has 13 nitrogen and oxygen atoms in total. The Bertz CT molecular complexity index is 1650. The number of para-hydroxylation sites is 1. The van der Waals surface area contributed by atoms with Crippen LogP contribution in [0.1, 0.15) is 30.0 Å². The zero-order valence-corrected chi connectivity index (χ0v) is 22.4. The monoisotopic (exact) mass is 552 g/mol. The van der Waals surface area contributed by atoms with E-state index in [2.05, 4.69) is 36.1 Å². The van der Waals surface area contributed by atoms with E-state index in [1.54, 1.807) is 40.0 Å². The summed E-state index contributed by atoms with van der Waals surface area (Å²) in [6.07, 6.45) is 6.49. The van der Waals surface area contributed by atoms with E-state index in [9.17, 15) is 9.59 Å². The lowest BCUT2D eigenvalue weighted by Crippen LogP contribution is -2.46. The Labute approximate surface area is 235 Å². The summed E-state index contributed by atoms with van der Waals surface area (Å²) in [7, 11) is 0. The first kappa shape index (κ1) is 26.2. The molecule has 6 rings (SSSR count). The minimum atomic E-state index is -0.986. The van der Waals surface area contributed by atoms with Gasteiger partial charge in [-0.05, 0) is 83.8 Å².